The minimum atomic E-state index is -0.558. The van der Waals surface area contributed by atoms with Gasteiger partial charge >= 0.3 is 0 Å². The Hall–Kier alpha value is -11.7. The summed E-state index contributed by atoms with van der Waals surface area (Å²) in [5, 5.41) is 20.3. The third-order valence-corrected chi connectivity index (χ3v) is 25.4. The van der Waals surface area contributed by atoms with Crippen LogP contribution in [-0.4, -0.2) is 118 Å². The minimum Gasteiger partial charge on any atom is -0.503 e. The van der Waals surface area contributed by atoms with Gasteiger partial charge in [0.15, 0.2) is 45.8 Å². The van der Waals surface area contributed by atoms with Crippen molar-refractivity contribution >= 4 is 113 Å². The maximum atomic E-state index is 13.7. The maximum absolute atomic E-state index is 13.7. The maximum Gasteiger partial charge on any atom is 0.274 e. The Labute approximate surface area is 786 Å². The van der Waals surface area contributed by atoms with Crippen LogP contribution in [0.1, 0.15) is 136 Å². The fraction of sp³-hybridized carbons (Fsp3) is 0.258. The van der Waals surface area contributed by atoms with E-state index in [0.717, 1.165) is 22.3 Å². The van der Waals surface area contributed by atoms with E-state index in [2.05, 4.69) is 31.9 Å². The molecule has 17 rings (SSSR count). The number of hydrogen-bond donors (Lipinski definition) is 2. The van der Waals surface area contributed by atoms with Crippen molar-refractivity contribution in [3.8, 4) is 23.0 Å². The van der Waals surface area contributed by atoms with Crippen LogP contribution in [0.4, 0.5) is 17.6 Å². The number of aliphatic hydroxyl groups is 1. The fourth-order valence-corrected chi connectivity index (χ4v) is 17.8. The van der Waals surface area contributed by atoms with E-state index in [1.165, 1.54) is 53.4 Å². The molecular formula is C97H86Br2Cl4F4N8O16. The first-order chi connectivity index (χ1) is 63.2. The van der Waals surface area contributed by atoms with Gasteiger partial charge in [-0.25, -0.2) is 17.6 Å². The molecule has 0 atom stereocenters. The van der Waals surface area contributed by atoms with Gasteiger partial charge in [0, 0.05) is 78.5 Å². The molecule has 0 bridgehead atoms. The highest BCUT2D eigenvalue weighted by molar-refractivity contribution is 9.10. The summed E-state index contributed by atoms with van der Waals surface area (Å²) in [6, 6.07) is 45.5. The van der Waals surface area contributed by atoms with E-state index in [-0.39, 0.29) is 148 Å². The monoisotopic (exact) mass is 1990 g/mol. The number of allylic oxidation sites excluding steroid dienone is 3. The van der Waals surface area contributed by atoms with Crippen LogP contribution in [0.3, 0.4) is 0 Å². The van der Waals surface area contributed by atoms with Crippen molar-refractivity contribution in [3.63, 3.8) is 0 Å². The molecule has 0 spiro atoms. The molecule has 11 aromatic rings. The molecule has 4 amide bonds. The third kappa shape index (κ3) is 21.1. The Morgan fingerprint density at radius 2 is 0.710 bits per heavy atom. The van der Waals surface area contributed by atoms with Crippen molar-refractivity contribution in [3.05, 3.63) is 377 Å². The van der Waals surface area contributed by atoms with Crippen molar-refractivity contribution in [1.82, 2.24) is 37.9 Å². The lowest BCUT2D eigenvalue weighted by Crippen LogP contribution is -2.44. The molecule has 0 radical (unpaired) electrons. The van der Waals surface area contributed by atoms with Gasteiger partial charge in [-0.3, -0.25) is 38.4 Å². The van der Waals surface area contributed by atoms with Crippen LogP contribution >= 0.6 is 78.3 Å². The predicted molar refractivity (Wildman–Crippen MR) is 494 cm³/mol. The molecule has 24 nitrogen and oxygen atoms in total. The Bertz CT molecular complexity index is 6600. The number of nitrogens with zero attached hydrogens (tertiary/aromatic N) is 8. The minimum absolute atomic E-state index is 0.000520. The SMILES string of the molecule is C/C=C/COCc1c(Br)c(=O)c(OCc2ccccc2)c2n1CCN(Cc1ccc(F)c(Cl)c1)C2=O.C/C=C1\COCc2c1c(=O)c(O)c1n2CCN(Cc2ccc(F)c(Cl)c2)C1=O.C/C=C1\COCc2c1c(=O)c(OCc1ccccc1)c1n2CCN(Cc2ccc(F)c(Cl)c2)C1=O.O=C1c2c(OCc3ccccc3)c(=O)c(Br)c(CO)n2CCN1Cc1ccc(F)c(Cl)c1. The number of halogens is 10. The van der Waals surface area contributed by atoms with Crippen molar-refractivity contribution in [2.24, 2.45) is 0 Å². The van der Waals surface area contributed by atoms with Gasteiger partial charge in [-0.05, 0) is 151 Å². The number of amides is 4. The van der Waals surface area contributed by atoms with Crippen LogP contribution in [0, 0.1) is 23.3 Å². The Balaban J connectivity index is 0.000000141. The van der Waals surface area contributed by atoms with Gasteiger partial charge in [-0.1, -0.05) is 186 Å². The third-order valence-electron chi connectivity index (χ3n) is 22.6. The molecule has 6 aliphatic heterocycles. The van der Waals surface area contributed by atoms with Crippen molar-refractivity contribution in [1.29, 1.82) is 0 Å². The Morgan fingerprint density at radius 1 is 0.389 bits per heavy atom. The topological polar surface area (TPSA) is 265 Å². The van der Waals surface area contributed by atoms with E-state index >= 15 is 0 Å². The average molecular weight is 2000 g/mol. The standard InChI is InChI=1S/C27H25BrClFN2O4.C27H24ClFN2O4.C23H19BrClFN2O4.C20H18ClFN2O4/c1-2-3-13-35-17-22-23(28)25(33)26(36-16-18-7-5-4-6-8-18)24-27(34)31(11-12-32(22)24)15-19-9-10-21(30)20(29)14-19;1-2-19-15-34-16-22-23(19)25(32)26(35-14-17-6-4-3-5-7-17)24-27(33)30(10-11-31(22)24)13-18-8-9-21(29)20(28)12-18;24-19-18(12-29)28-9-8-27(11-15-6-7-17(26)16(25)10-15)23(31)20(28)22(21(19)30)32-13-14-4-2-1-3-5-14;1-2-12-9-28-10-15-16(12)18(25)19(26)17-20(27)23(5-6-24(15)17)8-11-3-4-14(22)13(21)7-11/h2-10,14H,11-13,15-17H2,1H3;2-9,12H,10-11,13-16H2,1H3;1-7,10,29H,8-9,11-13H2;2-4,7,26H,5-6,8-10H2,1H3/b3-2+;19-2+;;12-2+. The summed E-state index contributed by atoms with van der Waals surface area (Å²) in [5.41, 5.74) is 8.58. The molecule has 0 saturated heterocycles. The average Bonchev–Trinajstić information content (AvgIpc) is 0.754. The van der Waals surface area contributed by atoms with E-state index < -0.39 is 63.7 Å². The molecule has 10 heterocycles. The first-order valence-electron chi connectivity index (χ1n) is 41.6. The number of aromatic nitrogens is 4. The molecule has 131 heavy (non-hydrogen) atoms. The van der Waals surface area contributed by atoms with Crippen molar-refractivity contribution < 1.29 is 75.4 Å². The number of pyridine rings is 4. The van der Waals surface area contributed by atoms with Crippen LogP contribution < -0.4 is 35.9 Å². The highest BCUT2D eigenvalue weighted by atomic mass is 79.9. The van der Waals surface area contributed by atoms with Crippen molar-refractivity contribution in [2.45, 2.75) is 119 Å². The number of fused-ring (bicyclic) bond motifs is 8. The highest BCUT2D eigenvalue weighted by Gasteiger charge is 2.40. The van der Waals surface area contributed by atoms with E-state index in [1.54, 1.807) is 65.7 Å². The molecule has 6 aliphatic rings. The van der Waals surface area contributed by atoms with Crippen LogP contribution in [0.15, 0.2) is 216 Å². The first kappa shape index (κ1) is 95.4. The summed E-state index contributed by atoms with van der Waals surface area (Å²) in [5.74, 6) is -4.27. The fourth-order valence-electron chi connectivity index (χ4n) is 16.0. The second kappa shape index (κ2) is 43.1. The summed E-state index contributed by atoms with van der Waals surface area (Å²) in [7, 11) is 0. The molecule has 4 aromatic heterocycles. The summed E-state index contributed by atoms with van der Waals surface area (Å²) in [6.07, 6.45) is 7.38. The molecule has 0 fully saturated rings. The van der Waals surface area contributed by atoms with Gasteiger partial charge < -0.3 is 76.5 Å². The number of carbonyl (C=O) groups excluding carboxylic acids is 4. The zero-order chi connectivity index (χ0) is 93.0. The van der Waals surface area contributed by atoms with Gasteiger partial charge in [0.05, 0.1) is 109 Å². The molecule has 2 N–H and O–H groups in total. The molecule has 0 aliphatic carbocycles. The summed E-state index contributed by atoms with van der Waals surface area (Å²) in [4.78, 5) is 113. The van der Waals surface area contributed by atoms with Crippen LogP contribution in [0.2, 0.25) is 20.1 Å². The number of rotatable bonds is 22. The van der Waals surface area contributed by atoms with Gasteiger partial charge in [0.25, 0.3) is 23.6 Å². The predicted octanol–water partition coefficient (Wildman–Crippen LogP) is 17.6. The summed E-state index contributed by atoms with van der Waals surface area (Å²) >= 11 is 30.2. The normalized spacial score (nSPS) is 15.0. The number of aliphatic hydroxyl groups excluding tert-OH is 1. The van der Waals surface area contributed by atoms with E-state index in [1.807, 2.05) is 128 Å². The highest BCUT2D eigenvalue weighted by Crippen LogP contribution is 2.37. The molecular weight excluding hydrogens is 1910 g/mol. The Morgan fingerprint density at radius 3 is 1.06 bits per heavy atom. The second-order valence-electron chi connectivity index (χ2n) is 30.9. The Kier molecular flexibility index (Phi) is 31.4. The molecule has 0 saturated carbocycles. The molecule has 0 unspecified atom stereocenters. The van der Waals surface area contributed by atoms with E-state index in [0.29, 0.717) is 138 Å². The number of carbonyl (C=O) groups is 4. The van der Waals surface area contributed by atoms with Crippen LogP contribution in [0.25, 0.3) is 11.1 Å². The van der Waals surface area contributed by atoms with Crippen LogP contribution in [0.5, 0.6) is 23.0 Å². The van der Waals surface area contributed by atoms with E-state index in [9.17, 15) is 66.1 Å². The van der Waals surface area contributed by atoms with Crippen molar-refractivity contribution in [2.75, 3.05) is 46.0 Å². The number of benzene rings is 7. The molecule has 34 heteroatoms. The summed E-state index contributed by atoms with van der Waals surface area (Å²) in [6.45, 7) is 11.2. The van der Waals surface area contributed by atoms with Gasteiger partial charge in [0.2, 0.25) is 21.7 Å². The zero-order valence-corrected chi connectivity index (χ0v) is 77.1. The number of ether oxygens (including phenoxy) is 6. The van der Waals surface area contributed by atoms with Gasteiger partial charge in [0.1, 0.15) is 43.1 Å². The lowest BCUT2D eigenvalue weighted by Gasteiger charge is -2.35. The van der Waals surface area contributed by atoms with Gasteiger partial charge in [-0.15, -0.1) is 0 Å². The molecule has 7 aromatic carbocycles. The second-order valence-corrected chi connectivity index (χ2v) is 34.1. The quantitative estimate of drug-likeness (QED) is 0.0363. The smallest absolute Gasteiger partial charge is 0.274 e. The zero-order valence-electron chi connectivity index (χ0n) is 70.9. The number of hydrogen-bond acceptors (Lipinski definition) is 16. The largest absolute Gasteiger partial charge is 0.503 e. The van der Waals surface area contributed by atoms with E-state index in [4.69, 9.17) is 74.8 Å². The van der Waals surface area contributed by atoms with Crippen LogP contribution in [-0.2, 0) is 113 Å². The van der Waals surface area contributed by atoms with Gasteiger partial charge in [-0.2, -0.15) is 0 Å². The first-order valence-corrected chi connectivity index (χ1v) is 44.7. The number of aromatic hydroxyl groups is 1. The summed E-state index contributed by atoms with van der Waals surface area (Å²) < 4.78 is 96.4. The molecule has 680 valence electrons. The lowest BCUT2D eigenvalue weighted by molar-refractivity contribution is 0.0660. The lowest BCUT2D eigenvalue weighted by atomic mass is 9.98.